The predicted molar refractivity (Wildman–Crippen MR) is 66.0 cm³/mol. The van der Waals surface area contributed by atoms with Crippen molar-refractivity contribution in [3.05, 3.63) is 29.6 Å². The third-order valence-corrected chi connectivity index (χ3v) is 3.27. The fourth-order valence-electron chi connectivity index (χ4n) is 2.05. The number of rotatable bonds is 2. The van der Waals surface area contributed by atoms with Crippen LogP contribution >= 0.6 is 0 Å². The highest BCUT2D eigenvalue weighted by atomic mass is 19.3. The molecule has 1 aliphatic rings. The Morgan fingerprint density at radius 2 is 1.95 bits per heavy atom. The first kappa shape index (κ1) is 13.7. The fraction of sp³-hybridized carbons (Fsp3) is 0.462. The molecule has 0 spiro atoms. The minimum absolute atomic E-state index is 0.0466. The van der Waals surface area contributed by atoms with Crippen molar-refractivity contribution in [3.63, 3.8) is 0 Å². The quantitative estimate of drug-likeness (QED) is 0.897. The lowest BCUT2D eigenvalue weighted by molar-refractivity contribution is -0.0494. The van der Waals surface area contributed by atoms with Gasteiger partial charge in [0.15, 0.2) is 0 Å². The number of piperidine rings is 1. The van der Waals surface area contributed by atoms with E-state index < -0.39 is 17.6 Å². The Morgan fingerprint density at radius 3 is 2.53 bits per heavy atom. The number of benzene rings is 1. The summed E-state index contributed by atoms with van der Waals surface area (Å²) in [6.45, 7) is -0.0931. The summed E-state index contributed by atoms with van der Waals surface area (Å²) in [5.41, 5.74) is 0.518. The monoisotopic (exact) mass is 272 g/mol. The molecule has 2 rings (SSSR count). The summed E-state index contributed by atoms with van der Waals surface area (Å²) < 4.78 is 39.7. The highest BCUT2D eigenvalue weighted by Crippen LogP contribution is 2.28. The van der Waals surface area contributed by atoms with Crippen LogP contribution in [0.25, 0.3) is 0 Å². The first-order chi connectivity index (χ1) is 8.93. The molecule has 0 unspecified atom stereocenters. The standard InChI is InChI=1S/C13H15F3N2O/c1-17-9-2-3-11(14)10(8-9)12(19)18-6-4-13(15,16)5-7-18/h2-3,8,17H,4-7H2,1H3. The van der Waals surface area contributed by atoms with Crippen LogP contribution in [0.2, 0.25) is 0 Å². The van der Waals surface area contributed by atoms with E-state index in [1.807, 2.05) is 0 Å². The Hall–Kier alpha value is -1.72. The molecule has 0 aromatic heterocycles. The molecule has 6 heteroatoms. The number of nitrogens with zero attached hydrogens (tertiary/aromatic N) is 1. The van der Waals surface area contributed by atoms with Crippen molar-refractivity contribution in [2.24, 2.45) is 0 Å². The number of carbonyl (C=O) groups excluding carboxylic acids is 1. The third-order valence-electron chi connectivity index (χ3n) is 3.27. The molecule has 0 radical (unpaired) electrons. The van der Waals surface area contributed by atoms with Crippen LogP contribution in [0.3, 0.4) is 0 Å². The first-order valence-corrected chi connectivity index (χ1v) is 6.07. The summed E-state index contributed by atoms with van der Waals surface area (Å²) in [5.74, 6) is -3.89. The summed E-state index contributed by atoms with van der Waals surface area (Å²) in [6.07, 6.45) is -0.738. The largest absolute Gasteiger partial charge is 0.388 e. The molecular formula is C13H15F3N2O. The molecule has 1 aromatic carbocycles. The topological polar surface area (TPSA) is 32.3 Å². The number of likely N-dealkylation sites (tertiary alicyclic amines) is 1. The summed E-state index contributed by atoms with van der Waals surface area (Å²) in [6, 6.07) is 4.10. The van der Waals surface area contributed by atoms with Crippen molar-refractivity contribution >= 4 is 11.6 Å². The molecule has 0 saturated carbocycles. The molecule has 1 heterocycles. The van der Waals surface area contributed by atoms with Gasteiger partial charge in [-0.1, -0.05) is 0 Å². The van der Waals surface area contributed by atoms with Crippen LogP contribution in [-0.4, -0.2) is 36.9 Å². The normalized spacial score (nSPS) is 18.2. The van der Waals surface area contributed by atoms with Crippen LogP contribution in [0.15, 0.2) is 18.2 Å². The van der Waals surface area contributed by atoms with Crippen LogP contribution < -0.4 is 5.32 Å². The van der Waals surface area contributed by atoms with Gasteiger partial charge in [-0.15, -0.1) is 0 Å². The van der Waals surface area contributed by atoms with Gasteiger partial charge < -0.3 is 10.2 Å². The number of anilines is 1. The van der Waals surface area contributed by atoms with E-state index in [1.54, 1.807) is 7.05 Å². The Labute approximate surface area is 109 Å². The molecule has 1 aromatic rings. The minimum Gasteiger partial charge on any atom is -0.388 e. The maximum atomic E-state index is 13.6. The molecule has 0 atom stereocenters. The summed E-state index contributed by atoms with van der Waals surface area (Å²) in [5, 5.41) is 2.81. The summed E-state index contributed by atoms with van der Waals surface area (Å²) in [4.78, 5) is 13.4. The van der Waals surface area contributed by atoms with Crippen LogP contribution in [0.5, 0.6) is 0 Å². The van der Waals surface area contributed by atoms with E-state index in [9.17, 15) is 18.0 Å². The van der Waals surface area contributed by atoms with Gasteiger partial charge in [0, 0.05) is 38.7 Å². The van der Waals surface area contributed by atoms with E-state index in [2.05, 4.69) is 5.32 Å². The van der Waals surface area contributed by atoms with E-state index >= 15 is 0 Å². The summed E-state index contributed by atoms with van der Waals surface area (Å²) >= 11 is 0. The van der Waals surface area contributed by atoms with Gasteiger partial charge in [-0.05, 0) is 18.2 Å². The number of nitrogens with one attached hydrogen (secondary N) is 1. The maximum Gasteiger partial charge on any atom is 0.256 e. The predicted octanol–water partition coefficient (Wildman–Crippen LogP) is 2.74. The molecule has 1 saturated heterocycles. The molecule has 1 fully saturated rings. The highest BCUT2D eigenvalue weighted by Gasteiger charge is 2.36. The molecule has 0 bridgehead atoms. The van der Waals surface area contributed by atoms with Gasteiger partial charge in [-0.3, -0.25) is 4.79 Å². The van der Waals surface area contributed by atoms with Crippen LogP contribution in [0.1, 0.15) is 23.2 Å². The number of carbonyl (C=O) groups is 1. The van der Waals surface area contributed by atoms with Crippen molar-refractivity contribution in [1.29, 1.82) is 0 Å². The Kier molecular flexibility index (Phi) is 3.68. The Morgan fingerprint density at radius 1 is 1.32 bits per heavy atom. The van der Waals surface area contributed by atoms with Crippen LogP contribution in [0, 0.1) is 5.82 Å². The van der Waals surface area contributed by atoms with E-state index in [0.717, 1.165) is 0 Å². The zero-order valence-corrected chi connectivity index (χ0v) is 10.5. The first-order valence-electron chi connectivity index (χ1n) is 6.07. The van der Waals surface area contributed by atoms with E-state index in [0.29, 0.717) is 5.69 Å². The van der Waals surface area contributed by atoms with Crippen molar-refractivity contribution in [2.45, 2.75) is 18.8 Å². The average molecular weight is 272 g/mol. The van der Waals surface area contributed by atoms with Gasteiger partial charge in [-0.25, -0.2) is 13.2 Å². The number of amides is 1. The minimum atomic E-state index is -2.72. The third kappa shape index (κ3) is 3.00. The van der Waals surface area contributed by atoms with E-state index in [1.165, 1.54) is 23.1 Å². The lowest BCUT2D eigenvalue weighted by atomic mass is 10.1. The van der Waals surface area contributed by atoms with Crippen molar-refractivity contribution in [3.8, 4) is 0 Å². The van der Waals surface area contributed by atoms with Crippen LogP contribution in [-0.2, 0) is 0 Å². The van der Waals surface area contributed by atoms with Gasteiger partial charge in [-0.2, -0.15) is 0 Å². The fourth-order valence-corrected chi connectivity index (χ4v) is 2.05. The molecule has 3 nitrogen and oxygen atoms in total. The van der Waals surface area contributed by atoms with Gasteiger partial charge in [0.25, 0.3) is 11.8 Å². The van der Waals surface area contributed by atoms with Gasteiger partial charge in [0.1, 0.15) is 5.82 Å². The Balaban J connectivity index is 2.16. The lowest BCUT2D eigenvalue weighted by Gasteiger charge is -2.31. The second-order valence-corrected chi connectivity index (χ2v) is 4.59. The SMILES string of the molecule is CNc1ccc(F)c(C(=O)N2CCC(F)(F)CC2)c1. The van der Waals surface area contributed by atoms with E-state index in [-0.39, 0.29) is 31.5 Å². The number of hydrogen-bond donors (Lipinski definition) is 1. The zero-order valence-electron chi connectivity index (χ0n) is 10.5. The number of alkyl halides is 2. The molecule has 104 valence electrons. The molecular weight excluding hydrogens is 257 g/mol. The lowest BCUT2D eigenvalue weighted by Crippen LogP contribution is -2.43. The highest BCUT2D eigenvalue weighted by molar-refractivity contribution is 5.95. The molecule has 0 aliphatic carbocycles. The average Bonchev–Trinajstić information content (AvgIpc) is 2.38. The summed E-state index contributed by atoms with van der Waals surface area (Å²) in [7, 11) is 1.66. The number of hydrogen-bond acceptors (Lipinski definition) is 2. The van der Waals surface area contributed by atoms with Gasteiger partial charge in [0.05, 0.1) is 5.56 Å². The van der Waals surface area contributed by atoms with Crippen molar-refractivity contribution in [1.82, 2.24) is 4.90 Å². The van der Waals surface area contributed by atoms with Gasteiger partial charge >= 0.3 is 0 Å². The maximum absolute atomic E-state index is 13.6. The number of halogens is 3. The zero-order chi connectivity index (χ0) is 14.0. The molecule has 19 heavy (non-hydrogen) atoms. The van der Waals surface area contributed by atoms with E-state index in [4.69, 9.17) is 0 Å². The smallest absolute Gasteiger partial charge is 0.256 e. The molecule has 1 aliphatic heterocycles. The molecule has 1 N–H and O–H groups in total. The van der Waals surface area contributed by atoms with Crippen LogP contribution in [0.4, 0.5) is 18.9 Å². The van der Waals surface area contributed by atoms with Crippen molar-refractivity contribution in [2.75, 3.05) is 25.5 Å². The second kappa shape index (κ2) is 5.11. The van der Waals surface area contributed by atoms with Crippen molar-refractivity contribution < 1.29 is 18.0 Å². The van der Waals surface area contributed by atoms with Gasteiger partial charge in [0.2, 0.25) is 0 Å². The Bertz CT molecular complexity index is 481. The molecule has 1 amide bonds. The second-order valence-electron chi connectivity index (χ2n) is 4.59.